The second-order valence-electron chi connectivity index (χ2n) is 8.30. The first kappa shape index (κ1) is 25.4. The number of ether oxygens (including phenoxy) is 1. The molecule has 3 N–H and O–H groups in total. The first-order chi connectivity index (χ1) is 15.0. The predicted molar refractivity (Wildman–Crippen MR) is 124 cm³/mol. The van der Waals surface area contributed by atoms with Crippen LogP contribution in [0.1, 0.15) is 39.7 Å². The Morgan fingerprint density at radius 2 is 1.62 bits per heavy atom. The monoisotopic (exact) mass is 461 g/mol. The van der Waals surface area contributed by atoms with Crippen LogP contribution in [0.15, 0.2) is 59.5 Å². The SMILES string of the molecule is CCCNS(=O)(=O)c1ccc(NC(=O)[C@@H](Cc2ccccc2)NC(=O)OC(C)(C)C)cc1. The highest BCUT2D eigenvalue weighted by Gasteiger charge is 2.25. The highest BCUT2D eigenvalue weighted by atomic mass is 32.2. The minimum absolute atomic E-state index is 0.108. The quantitative estimate of drug-likeness (QED) is 0.529. The van der Waals surface area contributed by atoms with E-state index in [1.54, 1.807) is 20.8 Å². The van der Waals surface area contributed by atoms with E-state index in [4.69, 9.17) is 4.74 Å². The summed E-state index contributed by atoms with van der Waals surface area (Å²) in [6, 6.07) is 14.2. The number of amides is 2. The molecule has 0 spiro atoms. The van der Waals surface area contributed by atoms with E-state index in [2.05, 4.69) is 15.4 Å². The molecule has 0 radical (unpaired) electrons. The Balaban J connectivity index is 2.13. The standard InChI is InChI=1S/C23H31N3O5S/c1-5-15-24-32(29,30)19-13-11-18(12-14-19)25-21(27)20(16-17-9-7-6-8-10-17)26-22(28)31-23(2,3)4/h6-14,20,24H,5,15-16H2,1-4H3,(H,25,27)(H,26,28)/t20-/m1/s1. The van der Waals surface area contributed by atoms with Crippen LogP contribution in [-0.2, 0) is 26.0 Å². The summed E-state index contributed by atoms with van der Waals surface area (Å²) in [6.07, 6.45) is 0.247. The maximum absolute atomic E-state index is 12.9. The van der Waals surface area contributed by atoms with Gasteiger partial charge in [-0.1, -0.05) is 37.3 Å². The average molecular weight is 462 g/mol. The van der Waals surface area contributed by atoms with Crippen molar-refractivity contribution in [1.29, 1.82) is 0 Å². The Labute approximate surface area is 189 Å². The number of sulfonamides is 1. The van der Waals surface area contributed by atoms with Crippen molar-refractivity contribution in [2.45, 2.75) is 57.1 Å². The summed E-state index contributed by atoms with van der Waals surface area (Å²) in [5.74, 6) is -0.445. The number of anilines is 1. The Bertz CT molecular complexity index is 1000. The summed E-state index contributed by atoms with van der Waals surface area (Å²) < 4.78 is 32.2. The summed E-state index contributed by atoms with van der Waals surface area (Å²) in [7, 11) is -3.59. The van der Waals surface area contributed by atoms with Crippen LogP contribution < -0.4 is 15.4 Å². The van der Waals surface area contributed by atoms with Crippen molar-refractivity contribution >= 4 is 27.7 Å². The number of hydrogen-bond acceptors (Lipinski definition) is 5. The van der Waals surface area contributed by atoms with E-state index in [9.17, 15) is 18.0 Å². The third-order valence-electron chi connectivity index (χ3n) is 4.26. The third-order valence-corrected chi connectivity index (χ3v) is 5.74. The summed E-state index contributed by atoms with van der Waals surface area (Å²) in [4.78, 5) is 25.3. The van der Waals surface area contributed by atoms with Crippen molar-refractivity contribution in [3.8, 4) is 0 Å². The van der Waals surface area contributed by atoms with Gasteiger partial charge in [0.2, 0.25) is 15.9 Å². The number of carbonyl (C=O) groups is 2. The van der Waals surface area contributed by atoms with Gasteiger partial charge in [-0.3, -0.25) is 4.79 Å². The normalized spacial score (nSPS) is 12.6. The predicted octanol–water partition coefficient (Wildman–Crippen LogP) is 3.45. The van der Waals surface area contributed by atoms with Crippen LogP contribution in [0.4, 0.5) is 10.5 Å². The zero-order valence-corrected chi connectivity index (χ0v) is 19.7. The van der Waals surface area contributed by atoms with Crippen LogP contribution in [0, 0.1) is 0 Å². The second-order valence-corrected chi connectivity index (χ2v) is 10.1. The zero-order chi connectivity index (χ0) is 23.8. The fourth-order valence-electron chi connectivity index (χ4n) is 2.78. The molecular weight excluding hydrogens is 430 g/mol. The Morgan fingerprint density at radius 1 is 1.00 bits per heavy atom. The largest absolute Gasteiger partial charge is 0.444 e. The first-order valence-electron chi connectivity index (χ1n) is 10.4. The zero-order valence-electron chi connectivity index (χ0n) is 18.8. The lowest BCUT2D eigenvalue weighted by molar-refractivity contribution is -0.118. The Hall–Kier alpha value is -2.91. The lowest BCUT2D eigenvalue weighted by Crippen LogP contribution is -2.47. The van der Waals surface area contributed by atoms with Gasteiger partial charge in [-0.15, -0.1) is 0 Å². The highest BCUT2D eigenvalue weighted by molar-refractivity contribution is 7.89. The van der Waals surface area contributed by atoms with E-state index >= 15 is 0 Å². The molecular formula is C23H31N3O5S. The molecule has 32 heavy (non-hydrogen) atoms. The molecule has 0 bridgehead atoms. The Kier molecular flexibility index (Phi) is 8.80. The maximum atomic E-state index is 12.9. The summed E-state index contributed by atoms with van der Waals surface area (Å²) in [5, 5.41) is 5.35. The van der Waals surface area contributed by atoms with E-state index in [-0.39, 0.29) is 11.3 Å². The molecule has 0 saturated carbocycles. The molecule has 2 aromatic rings. The molecule has 0 aliphatic carbocycles. The topological polar surface area (TPSA) is 114 Å². The van der Waals surface area contributed by atoms with E-state index in [1.165, 1.54) is 24.3 Å². The molecule has 0 aliphatic heterocycles. The molecule has 0 heterocycles. The van der Waals surface area contributed by atoms with Gasteiger partial charge in [0.25, 0.3) is 0 Å². The summed E-state index contributed by atoms with van der Waals surface area (Å²) in [5.41, 5.74) is 0.575. The van der Waals surface area contributed by atoms with Gasteiger partial charge in [0.05, 0.1) is 4.90 Å². The average Bonchev–Trinajstić information content (AvgIpc) is 2.71. The minimum Gasteiger partial charge on any atom is -0.444 e. The number of hydrogen-bond donors (Lipinski definition) is 3. The number of benzene rings is 2. The molecule has 0 saturated heterocycles. The fourth-order valence-corrected chi connectivity index (χ4v) is 3.91. The van der Waals surface area contributed by atoms with Crippen molar-refractivity contribution in [3.05, 3.63) is 60.2 Å². The first-order valence-corrected chi connectivity index (χ1v) is 11.9. The van der Waals surface area contributed by atoms with Gasteiger partial charge in [0, 0.05) is 18.7 Å². The summed E-state index contributed by atoms with van der Waals surface area (Å²) >= 11 is 0. The molecule has 2 amide bonds. The van der Waals surface area contributed by atoms with Gasteiger partial charge in [-0.2, -0.15) is 0 Å². The van der Waals surface area contributed by atoms with Crippen LogP contribution in [0.5, 0.6) is 0 Å². The van der Waals surface area contributed by atoms with Crippen molar-refractivity contribution in [3.63, 3.8) is 0 Å². The van der Waals surface area contributed by atoms with E-state index in [0.29, 0.717) is 18.7 Å². The number of nitrogens with one attached hydrogen (secondary N) is 3. The molecule has 0 fully saturated rings. The van der Waals surface area contributed by atoms with Gasteiger partial charge < -0.3 is 15.4 Å². The minimum atomic E-state index is -3.59. The summed E-state index contributed by atoms with van der Waals surface area (Å²) in [6.45, 7) is 7.44. The van der Waals surface area contributed by atoms with Crippen LogP contribution in [0.25, 0.3) is 0 Å². The Morgan fingerprint density at radius 3 is 2.19 bits per heavy atom. The van der Waals surface area contributed by atoms with Crippen molar-refractivity contribution in [2.75, 3.05) is 11.9 Å². The van der Waals surface area contributed by atoms with Crippen molar-refractivity contribution in [2.24, 2.45) is 0 Å². The van der Waals surface area contributed by atoms with E-state index in [1.807, 2.05) is 37.3 Å². The van der Waals surface area contributed by atoms with Crippen LogP contribution >= 0.6 is 0 Å². The fraction of sp³-hybridized carbons (Fsp3) is 0.391. The van der Waals surface area contributed by atoms with Gasteiger partial charge in [-0.05, 0) is 57.0 Å². The molecule has 0 unspecified atom stereocenters. The van der Waals surface area contributed by atoms with Crippen LogP contribution in [0.3, 0.4) is 0 Å². The smallest absolute Gasteiger partial charge is 0.408 e. The third kappa shape index (κ3) is 8.32. The van der Waals surface area contributed by atoms with E-state index < -0.39 is 33.7 Å². The van der Waals surface area contributed by atoms with Crippen LogP contribution in [0.2, 0.25) is 0 Å². The number of alkyl carbamates (subject to hydrolysis) is 1. The van der Waals surface area contributed by atoms with Gasteiger partial charge in [-0.25, -0.2) is 17.9 Å². The van der Waals surface area contributed by atoms with Gasteiger partial charge in [0.1, 0.15) is 11.6 Å². The maximum Gasteiger partial charge on any atom is 0.408 e. The van der Waals surface area contributed by atoms with Crippen LogP contribution in [-0.4, -0.2) is 38.6 Å². The highest BCUT2D eigenvalue weighted by Crippen LogP contribution is 2.15. The van der Waals surface area contributed by atoms with Crippen molar-refractivity contribution in [1.82, 2.24) is 10.0 Å². The van der Waals surface area contributed by atoms with Crippen molar-refractivity contribution < 1.29 is 22.7 Å². The number of rotatable bonds is 9. The lowest BCUT2D eigenvalue weighted by atomic mass is 10.1. The molecule has 2 aromatic carbocycles. The molecule has 9 heteroatoms. The molecule has 8 nitrogen and oxygen atoms in total. The van der Waals surface area contributed by atoms with Gasteiger partial charge >= 0.3 is 6.09 Å². The van der Waals surface area contributed by atoms with Gasteiger partial charge in [0.15, 0.2) is 0 Å². The lowest BCUT2D eigenvalue weighted by Gasteiger charge is -2.23. The molecule has 0 aliphatic rings. The number of carbonyl (C=O) groups excluding carboxylic acids is 2. The molecule has 2 rings (SSSR count). The molecule has 1 atom stereocenters. The molecule has 174 valence electrons. The molecule has 0 aromatic heterocycles. The second kappa shape index (κ2) is 11.1. The van der Waals surface area contributed by atoms with E-state index in [0.717, 1.165) is 5.56 Å².